The summed E-state index contributed by atoms with van der Waals surface area (Å²) in [4.78, 5) is 11.2. The summed E-state index contributed by atoms with van der Waals surface area (Å²) in [6.07, 6.45) is 2.16. The Morgan fingerprint density at radius 2 is 2.20 bits per heavy atom. The summed E-state index contributed by atoms with van der Waals surface area (Å²) in [6.45, 7) is 4.76. The van der Waals surface area contributed by atoms with Gasteiger partial charge in [-0.3, -0.25) is 4.79 Å². The first-order valence-electron chi connectivity index (χ1n) is 3.79. The Balaban J connectivity index is 2.40. The van der Waals surface area contributed by atoms with Crippen LogP contribution in [0.2, 0.25) is 0 Å². The average Bonchev–Trinajstić information content (AvgIpc) is 2.36. The first kappa shape index (κ1) is 7.73. The number of rotatable bonds is 2. The van der Waals surface area contributed by atoms with Crippen molar-refractivity contribution >= 4 is 5.78 Å². The summed E-state index contributed by atoms with van der Waals surface area (Å²) in [5.74, 6) is 1.21. The first-order valence-corrected chi connectivity index (χ1v) is 3.79. The Hall–Kier alpha value is -0.370. The quantitative estimate of drug-likeness (QED) is 0.618. The van der Waals surface area contributed by atoms with E-state index in [1.54, 1.807) is 0 Å². The molecule has 0 aromatic carbocycles. The van der Waals surface area contributed by atoms with Crippen molar-refractivity contribution in [2.24, 2.45) is 0 Å². The highest BCUT2D eigenvalue weighted by Crippen LogP contribution is 2.11. The van der Waals surface area contributed by atoms with Gasteiger partial charge in [0.05, 0.1) is 6.04 Å². The van der Waals surface area contributed by atoms with Gasteiger partial charge in [-0.05, 0) is 19.4 Å². The van der Waals surface area contributed by atoms with E-state index in [9.17, 15) is 4.79 Å². The van der Waals surface area contributed by atoms with Crippen molar-refractivity contribution in [1.82, 2.24) is 5.32 Å². The highest BCUT2D eigenvalue weighted by Gasteiger charge is 2.23. The third-order valence-electron chi connectivity index (χ3n) is 1.87. The number of hydrogen-bond acceptors (Lipinski definition) is 2. The van der Waals surface area contributed by atoms with Gasteiger partial charge in [-0.15, -0.1) is 0 Å². The zero-order valence-electron chi connectivity index (χ0n) is 6.61. The number of carbonyl (C=O) groups excluding carboxylic acids is 1. The predicted molar refractivity (Wildman–Crippen MR) is 40.6 cm³/mol. The number of hydrogen-bond donors (Lipinski definition) is 1. The molecule has 57 valence electrons. The molecule has 1 saturated heterocycles. The standard InChI is InChI=1S/C8H14NO/c1-6(2)8(10)7-4-3-5-9-7/h7,9H,3-5H2,1-2H3. The second-order valence-corrected chi connectivity index (χ2v) is 3.01. The zero-order valence-corrected chi connectivity index (χ0v) is 6.61. The van der Waals surface area contributed by atoms with Gasteiger partial charge in [0, 0.05) is 5.92 Å². The molecule has 1 rings (SSSR count). The molecule has 1 aliphatic heterocycles. The van der Waals surface area contributed by atoms with Gasteiger partial charge in [-0.1, -0.05) is 13.8 Å². The van der Waals surface area contributed by atoms with Crippen LogP contribution in [0.4, 0.5) is 0 Å². The van der Waals surface area contributed by atoms with Crippen molar-refractivity contribution in [2.75, 3.05) is 6.54 Å². The van der Waals surface area contributed by atoms with Crippen LogP contribution in [-0.4, -0.2) is 18.4 Å². The average molecular weight is 140 g/mol. The van der Waals surface area contributed by atoms with Crippen molar-refractivity contribution in [2.45, 2.75) is 32.7 Å². The first-order chi connectivity index (χ1) is 4.72. The van der Waals surface area contributed by atoms with Gasteiger partial charge in [0.25, 0.3) is 0 Å². The van der Waals surface area contributed by atoms with Crippen molar-refractivity contribution in [3.05, 3.63) is 5.92 Å². The Morgan fingerprint density at radius 1 is 1.50 bits per heavy atom. The third-order valence-corrected chi connectivity index (χ3v) is 1.87. The van der Waals surface area contributed by atoms with Gasteiger partial charge in [0.15, 0.2) is 5.78 Å². The lowest BCUT2D eigenvalue weighted by atomic mass is 10.0. The Labute approximate surface area is 62.0 Å². The fourth-order valence-corrected chi connectivity index (χ4v) is 1.26. The van der Waals surface area contributed by atoms with Crippen LogP contribution < -0.4 is 5.32 Å². The maximum Gasteiger partial charge on any atom is 0.156 e. The van der Waals surface area contributed by atoms with Crippen molar-refractivity contribution < 1.29 is 4.79 Å². The zero-order chi connectivity index (χ0) is 7.56. The molecule has 1 fully saturated rings. The van der Waals surface area contributed by atoms with E-state index in [-0.39, 0.29) is 11.8 Å². The van der Waals surface area contributed by atoms with E-state index < -0.39 is 0 Å². The molecule has 0 aliphatic carbocycles. The van der Waals surface area contributed by atoms with Crippen LogP contribution in [0.3, 0.4) is 0 Å². The predicted octanol–water partition coefficient (Wildman–Crippen LogP) is 0.922. The van der Waals surface area contributed by atoms with E-state index in [1.807, 2.05) is 13.8 Å². The van der Waals surface area contributed by atoms with Crippen LogP contribution in [0.5, 0.6) is 0 Å². The Bertz CT molecular complexity index is 125. The summed E-state index contributed by atoms with van der Waals surface area (Å²) >= 11 is 0. The molecule has 1 heterocycles. The van der Waals surface area contributed by atoms with Crippen molar-refractivity contribution in [1.29, 1.82) is 0 Å². The summed E-state index contributed by atoms with van der Waals surface area (Å²) < 4.78 is 0. The fraction of sp³-hybridized carbons (Fsp3) is 0.750. The number of Topliss-reactive ketones (excluding diaryl/α,β-unsaturated/α-hetero) is 1. The van der Waals surface area contributed by atoms with E-state index >= 15 is 0 Å². The summed E-state index contributed by atoms with van der Waals surface area (Å²) in [5, 5.41) is 3.17. The van der Waals surface area contributed by atoms with Gasteiger partial charge >= 0.3 is 0 Å². The van der Waals surface area contributed by atoms with Crippen LogP contribution in [0, 0.1) is 5.92 Å². The highest BCUT2D eigenvalue weighted by molar-refractivity contribution is 5.95. The molecule has 1 aliphatic rings. The van der Waals surface area contributed by atoms with Crippen molar-refractivity contribution in [3.63, 3.8) is 0 Å². The minimum absolute atomic E-state index is 0.130. The van der Waals surface area contributed by atoms with Gasteiger partial charge in [-0.2, -0.15) is 0 Å². The molecule has 1 unspecified atom stereocenters. The molecule has 0 aromatic rings. The molecule has 1 radical (unpaired) electrons. The molecule has 10 heavy (non-hydrogen) atoms. The molecule has 1 atom stereocenters. The summed E-state index contributed by atoms with van der Waals surface area (Å²) in [5.41, 5.74) is 0. The lowest BCUT2D eigenvalue weighted by molar-refractivity contribution is -0.118. The monoisotopic (exact) mass is 140 g/mol. The Morgan fingerprint density at radius 3 is 2.60 bits per heavy atom. The minimum atomic E-state index is 0.130. The van der Waals surface area contributed by atoms with E-state index in [0.29, 0.717) is 0 Å². The molecule has 2 heteroatoms. The topological polar surface area (TPSA) is 29.1 Å². The second-order valence-electron chi connectivity index (χ2n) is 3.01. The second kappa shape index (κ2) is 3.15. The molecule has 0 saturated carbocycles. The van der Waals surface area contributed by atoms with Crippen LogP contribution in [-0.2, 0) is 4.79 Å². The maximum atomic E-state index is 11.2. The third kappa shape index (κ3) is 1.57. The Kier molecular flexibility index (Phi) is 2.44. The normalized spacial score (nSPS) is 25.7. The van der Waals surface area contributed by atoms with Gasteiger partial charge in [-0.25, -0.2) is 0 Å². The molecule has 0 amide bonds. The minimum Gasteiger partial charge on any atom is -0.307 e. The molecule has 0 aromatic heterocycles. The van der Waals surface area contributed by atoms with Crippen LogP contribution >= 0.6 is 0 Å². The molecule has 2 nitrogen and oxygen atoms in total. The smallest absolute Gasteiger partial charge is 0.156 e. The van der Waals surface area contributed by atoms with Crippen LogP contribution in [0.25, 0.3) is 0 Å². The molecule has 0 bridgehead atoms. The molecular formula is C8H14NO. The van der Waals surface area contributed by atoms with Gasteiger partial charge in [0.2, 0.25) is 0 Å². The summed E-state index contributed by atoms with van der Waals surface area (Å²) in [7, 11) is 0. The number of carbonyl (C=O) groups is 1. The van der Waals surface area contributed by atoms with E-state index in [2.05, 4.69) is 5.32 Å². The number of nitrogens with one attached hydrogen (secondary N) is 1. The van der Waals surface area contributed by atoms with E-state index in [1.165, 1.54) is 0 Å². The molecular weight excluding hydrogens is 126 g/mol. The highest BCUT2D eigenvalue weighted by atomic mass is 16.1. The lowest BCUT2D eigenvalue weighted by Crippen LogP contribution is -2.32. The van der Waals surface area contributed by atoms with Gasteiger partial charge < -0.3 is 5.32 Å². The number of ketones is 1. The van der Waals surface area contributed by atoms with Gasteiger partial charge in [0.1, 0.15) is 0 Å². The van der Waals surface area contributed by atoms with Crippen LogP contribution in [0.15, 0.2) is 0 Å². The maximum absolute atomic E-state index is 11.2. The van der Waals surface area contributed by atoms with E-state index in [4.69, 9.17) is 0 Å². The summed E-state index contributed by atoms with van der Waals surface area (Å²) in [6, 6.07) is 0.130. The lowest BCUT2D eigenvalue weighted by Gasteiger charge is -2.10. The fourth-order valence-electron chi connectivity index (χ4n) is 1.26. The van der Waals surface area contributed by atoms with Crippen LogP contribution in [0.1, 0.15) is 26.7 Å². The van der Waals surface area contributed by atoms with E-state index in [0.717, 1.165) is 25.3 Å². The largest absolute Gasteiger partial charge is 0.307 e. The SMILES string of the molecule is C[C](C)C(=O)C1CCCN1. The van der Waals surface area contributed by atoms with Crippen molar-refractivity contribution in [3.8, 4) is 0 Å². The molecule has 1 N–H and O–H groups in total. The molecule has 0 spiro atoms.